The first-order chi connectivity index (χ1) is 20.8. The van der Waals surface area contributed by atoms with E-state index >= 15 is 0 Å². The summed E-state index contributed by atoms with van der Waals surface area (Å²) in [5.41, 5.74) is 2.07. The largest absolute Gasteiger partial charge is 0.496 e. The third kappa shape index (κ3) is 5.02. The van der Waals surface area contributed by atoms with E-state index in [-0.39, 0.29) is 18.3 Å². The van der Waals surface area contributed by atoms with Crippen LogP contribution in [-0.4, -0.2) is 30.4 Å². The van der Waals surface area contributed by atoms with E-state index in [2.05, 4.69) is 0 Å². The molecule has 0 fully saturated rings. The van der Waals surface area contributed by atoms with Crippen LogP contribution in [0.4, 0.5) is 0 Å². The number of methoxy groups -OCH3 is 1. The van der Waals surface area contributed by atoms with Crippen LogP contribution in [0.1, 0.15) is 44.9 Å². The van der Waals surface area contributed by atoms with E-state index in [9.17, 15) is 9.59 Å². The number of hydrogen-bond donors (Lipinski definition) is 0. The number of allylic oxidation sites excluding steroid dienone is 1. The SMILES string of the molecule is CCOC(=O)C1=C(C)N=c2sc(=Cc3c(OC(C)C)ccc4ccccc34)c(=O)n2[C@H]1c1c(OC)ccc2ccccc12. The number of esters is 1. The molecule has 0 amide bonds. The van der Waals surface area contributed by atoms with Crippen molar-refractivity contribution in [3.8, 4) is 11.5 Å². The molecule has 0 N–H and O–H groups in total. The van der Waals surface area contributed by atoms with E-state index in [1.807, 2.05) is 92.7 Å². The fourth-order valence-electron chi connectivity index (χ4n) is 5.71. The lowest BCUT2D eigenvalue weighted by molar-refractivity contribution is -0.139. The summed E-state index contributed by atoms with van der Waals surface area (Å²) in [5, 5.41) is 3.85. The number of rotatable bonds is 7. The molecule has 1 aliphatic rings. The topological polar surface area (TPSA) is 79.1 Å². The average molecular weight is 593 g/mol. The van der Waals surface area contributed by atoms with Crippen molar-refractivity contribution >= 4 is 44.9 Å². The number of carbonyl (C=O) groups is 1. The van der Waals surface area contributed by atoms with Crippen molar-refractivity contribution in [1.29, 1.82) is 0 Å². The molecule has 1 aliphatic heterocycles. The van der Waals surface area contributed by atoms with Crippen LogP contribution in [0, 0.1) is 0 Å². The minimum Gasteiger partial charge on any atom is -0.496 e. The standard InChI is InChI=1S/C35H32N2O5S/c1-6-41-34(39)30-21(4)36-35-37(32(30)31-25-14-10-8-12-23(25)16-18-28(31)40-5)33(38)29(43-35)19-26-24-13-9-7-11-22(24)15-17-27(26)42-20(2)3/h7-20,32H,6H2,1-5H3/t32-/m1/s1. The molecule has 0 saturated carbocycles. The monoisotopic (exact) mass is 592 g/mol. The van der Waals surface area contributed by atoms with Crippen LogP contribution >= 0.6 is 11.3 Å². The second-order valence-electron chi connectivity index (χ2n) is 10.6. The zero-order valence-electron chi connectivity index (χ0n) is 24.7. The van der Waals surface area contributed by atoms with Crippen molar-refractivity contribution in [1.82, 2.24) is 4.57 Å². The van der Waals surface area contributed by atoms with Gasteiger partial charge in [-0.1, -0.05) is 72.0 Å². The minimum atomic E-state index is -0.808. The lowest BCUT2D eigenvalue weighted by atomic mass is 9.90. The maximum atomic E-state index is 14.5. The van der Waals surface area contributed by atoms with Crippen LogP contribution in [0.5, 0.6) is 11.5 Å². The maximum absolute atomic E-state index is 14.5. The van der Waals surface area contributed by atoms with Gasteiger partial charge >= 0.3 is 5.97 Å². The molecule has 6 rings (SSSR count). The van der Waals surface area contributed by atoms with E-state index in [1.165, 1.54) is 11.3 Å². The molecule has 2 heterocycles. The Kier molecular flexibility index (Phi) is 7.62. The smallest absolute Gasteiger partial charge is 0.338 e. The van der Waals surface area contributed by atoms with Crippen molar-refractivity contribution in [3.63, 3.8) is 0 Å². The number of ether oxygens (including phenoxy) is 3. The van der Waals surface area contributed by atoms with Crippen LogP contribution in [0.15, 0.2) is 93.9 Å². The van der Waals surface area contributed by atoms with Crippen molar-refractivity contribution < 1.29 is 19.0 Å². The molecular formula is C35H32N2O5S. The van der Waals surface area contributed by atoms with Gasteiger partial charge in [0, 0.05) is 11.1 Å². The Labute approximate surface area is 253 Å². The molecule has 5 aromatic rings. The van der Waals surface area contributed by atoms with Gasteiger partial charge in [0.2, 0.25) is 0 Å². The van der Waals surface area contributed by atoms with Gasteiger partial charge in [-0.25, -0.2) is 9.79 Å². The molecule has 0 unspecified atom stereocenters. The van der Waals surface area contributed by atoms with Crippen LogP contribution in [0.3, 0.4) is 0 Å². The Hall–Kier alpha value is -4.69. The van der Waals surface area contributed by atoms with Crippen LogP contribution < -0.4 is 24.4 Å². The van der Waals surface area contributed by atoms with Crippen molar-refractivity contribution in [2.45, 2.75) is 39.8 Å². The first-order valence-corrected chi connectivity index (χ1v) is 15.1. The summed E-state index contributed by atoms with van der Waals surface area (Å²) in [5.74, 6) is 0.742. The average Bonchev–Trinajstić information content (AvgIpc) is 3.30. The number of benzene rings is 4. The van der Waals surface area contributed by atoms with Gasteiger partial charge in [-0.15, -0.1) is 0 Å². The van der Waals surface area contributed by atoms with Gasteiger partial charge in [0.05, 0.1) is 35.6 Å². The number of thiazole rings is 1. The normalized spacial score (nSPS) is 15.1. The molecular weight excluding hydrogens is 560 g/mol. The lowest BCUT2D eigenvalue weighted by Crippen LogP contribution is -2.40. The second kappa shape index (κ2) is 11.5. The van der Waals surface area contributed by atoms with Crippen LogP contribution in [-0.2, 0) is 9.53 Å². The summed E-state index contributed by atoms with van der Waals surface area (Å²) in [6, 6.07) is 22.9. The molecule has 0 aliphatic carbocycles. The molecule has 218 valence electrons. The molecule has 1 atom stereocenters. The van der Waals surface area contributed by atoms with Gasteiger partial charge in [-0.3, -0.25) is 9.36 Å². The first kappa shape index (κ1) is 28.4. The molecule has 8 heteroatoms. The van der Waals surface area contributed by atoms with Gasteiger partial charge in [0.25, 0.3) is 5.56 Å². The summed E-state index contributed by atoms with van der Waals surface area (Å²) < 4.78 is 19.6. The Morgan fingerprint density at radius 2 is 1.63 bits per heavy atom. The van der Waals surface area contributed by atoms with E-state index in [0.29, 0.717) is 37.7 Å². The van der Waals surface area contributed by atoms with Gasteiger partial charge in [0.15, 0.2) is 4.80 Å². The zero-order valence-corrected chi connectivity index (χ0v) is 25.5. The van der Waals surface area contributed by atoms with E-state index in [1.54, 1.807) is 25.5 Å². The summed E-state index contributed by atoms with van der Waals surface area (Å²) >= 11 is 1.29. The molecule has 0 radical (unpaired) electrons. The highest BCUT2D eigenvalue weighted by atomic mass is 32.1. The third-order valence-electron chi connectivity index (χ3n) is 7.51. The molecule has 43 heavy (non-hydrogen) atoms. The van der Waals surface area contributed by atoms with Gasteiger partial charge in [-0.2, -0.15) is 0 Å². The first-order valence-electron chi connectivity index (χ1n) is 14.3. The van der Waals surface area contributed by atoms with E-state index in [4.69, 9.17) is 19.2 Å². The second-order valence-corrected chi connectivity index (χ2v) is 11.6. The highest BCUT2D eigenvalue weighted by Gasteiger charge is 2.36. The quantitative estimate of drug-likeness (QED) is 0.220. The predicted octanol–water partition coefficient (Wildman–Crippen LogP) is 5.90. The third-order valence-corrected chi connectivity index (χ3v) is 8.49. The summed E-state index contributed by atoms with van der Waals surface area (Å²) in [4.78, 5) is 33.2. The molecule has 7 nitrogen and oxygen atoms in total. The van der Waals surface area contributed by atoms with Crippen molar-refractivity contribution in [2.75, 3.05) is 13.7 Å². The highest BCUT2D eigenvalue weighted by Crippen LogP contribution is 2.40. The zero-order chi connectivity index (χ0) is 30.2. The molecule has 0 bridgehead atoms. The van der Waals surface area contributed by atoms with E-state index in [0.717, 1.165) is 27.1 Å². The number of fused-ring (bicyclic) bond motifs is 3. The Morgan fingerprint density at radius 1 is 0.977 bits per heavy atom. The summed E-state index contributed by atoms with van der Waals surface area (Å²) in [7, 11) is 1.59. The molecule has 1 aromatic heterocycles. The lowest BCUT2D eigenvalue weighted by Gasteiger charge is -2.27. The number of aromatic nitrogens is 1. The predicted molar refractivity (Wildman–Crippen MR) is 171 cm³/mol. The fraction of sp³-hybridized carbons (Fsp3) is 0.229. The molecule has 0 spiro atoms. The molecule has 0 saturated heterocycles. The Morgan fingerprint density at radius 3 is 2.30 bits per heavy atom. The maximum Gasteiger partial charge on any atom is 0.338 e. The van der Waals surface area contributed by atoms with Crippen molar-refractivity contribution in [3.05, 3.63) is 115 Å². The summed E-state index contributed by atoms with van der Waals surface area (Å²) in [6.45, 7) is 7.69. The number of nitrogens with zero attached hydrogens (tertiary/aromatic N) is 2. The van der Waals surface area contributed by atoms with Gasteiger partial charge < -0.3 is 14.2 Å². The van der Waals surface area contributed by atoms with Gasteiger partial charge in [0.1, 0.15) is 17.5 Å². The highest BCUT2D eigenvalue weighted by molar-refractivity contribution is 7.07. The van der Waals surface area contributed by atoms with Crippen molar-refractivity contribution in [2.24, 2.45) is 4.99 Å². The van der Waals surface area contributed by atoms with Crippen LogP contribution in [0.2, 0.25) is 0 Å². The fourth-order valence-corrected chi connectivity index (χ4v) is 6.74. The van der Waals surface area contributed by atoms with Gasteiger partial charge in [-0.05, 0) is 67.4 Å². The van der Waals surface area contributed by atoms with Crippen LogP contribution in [0.25, 0.3) is 27.6 Å². The Bertz CT molecular complexity index is 2100. The molecule has 4 aromatic carbocycles. The van der Waals surface area contributed by atoms with E-state index < -0.39 is 12.0 Å². The summed E-state index contributed by atoms with van der Waals surface area (Å²) in [6.07, 6.45) is 1.83. The number of carbonyl (C=O) groups excluding carboxylic acids is 1. The minimum absolute atomic E-state index is 0.0526. The Balaban J connectivity index is 1.68. The number of hydrogen-bond acceptors (Lipinski definition) is 7.